The van der Waals surface area contributed by atoms with E-state index in [2.05, 4.69) is 15.1 Å². The van der Waals surface area contributed by atoms with Gasteiger partial charge < -0.3 is 14.4 Å². The maximum atomic E-state index is 13.6. The Kier molecular flexibility index (Phi) is 9.65. The van der Waals surface area contributed by atoms with Crippen LogP contribution >= 0.6 is 40.5 Å². The summed E-state index contributed by atoms with van der Waals surface area (Å²) in [4.78, 5) is 23.4. The molecule has 3 atom stereocenters. The maximum absolute atomic E-state index is 13.6. The first-order valence-corrected chi connectivity index (χ1v) is 10.5. The molecule has 1 aromatic carbocycles. The highest BCUT2D eigenvalue weighted by Crippen LogP contribution is 2.45. The molecule has 0 aliphatic carbocycles. The van der Waals surface area contributed by atoms with Gasteiger partial charge in [0.2, 0.25) is 0 Å². The number of benzene rings is 1. The second-order valence-electron chi connectivity index (χ2n) is 8.14. The standard InChI is InChI=1S/C22H23F2N5O3.3H2S/c1-31-18-8-3-12(9-19(18)32-2)21(30)28-13-4-6-14(16(28)7-5-13)17-10-15(20(23)24)27-22-25-11-26-29(17)22;;;/h3,8-11,13-14,16,20H,4-7H2,1-2H3;3*1H2/t13-,14-,16-;;;/m0.../s1. The molecule has 3 aromatic rings. The number of amides is 1. The summed E-state index contributed by atoms with van der Waals surface area (Å²) < 4.78 is 39.1. The number of halogens is 2. The summed E-state index contributed by atoms with van der Waals surface area (Å²) in [7, 11) is 3.07. The average molecular weight is 546 g/mol. The van der Waals surface area contributed by atoms with Gasteiger partial charge in [0, 0.05) is 23.6 Å². The van der Waals surface area contributed by atoms with E-state index in [-0.39, 0.29) is 75.9 Å². The number of aromatic nitrogens is 4. The lowest BCUT2D eigenvalue weighted by atomic mass is 9.86. The van der Waals surface area contributed by atoms with E-state index in [1.165, 1.54) is 24.0 Å². The number of carbonyl (C=O) groups excluding carboxylic acids is 1. The Hall–Kier alpha value is -2.25. The van der Waals surface area contributed by atoms with Crippen molar-refractivity contribution in [1.29, 1.82) is 0 Å². The van der Waals surface area contributed by atoms with Crippen molar-refractivity contribution in [3.63, 3.8) is 0 Å². The molecule has 35 heavy (non-hydrogen) atoms. The van der Waals surface area contributed by atoms with Crippen molar-refractivity contribution >= 4 is 52.2 Å². The average Bonchev–Trinajstić information content (AvgIpc) is 3.40. The second-order valence-corrected chi connectivity index (χ2v) is 8.14. The highest BCUT2D eigenvalue weighted by molar-refractivity contribution is 7.59. The molecule has 2 fully saturated rings. The number of piperidine rings is 1. The number of nitrogens with zero attached hydrogens (tertiary/aromatic N) is 5. The van der Waals surface area contributed by atoms with Gasteiger partial charge in [0.1, 0.15) is 12.0 Å². The predicted octanol–water partition coefficient (Wildman–Crippen LogP) is 3.97. The summed E-state index contributed by atoms with van der Waals surface area (Å²) in [5.74, 6) is 0.951. The summed E-state index contributed by atoms with van der Waals surface area (Å²) in [6, 6.07) is 6.54. The van der Waals surface area contributed by atoms with Gasteiger partial charge in [-0.15, -0.1) is 0 Å². The Bertz CT molecular complexity index is 1180. The number of ether oxygens (including phenoxy) is 2. The van der Waals surface area contributed by atoms with Crippen molar-refractivity contribution in [2.75, 3.05) is 14.2 Å². The molecule has 2 aliphatic heterocycles. The number of hydrogen-bond donors (Lipinski definition) is 0. The Balaban J connectivity index is 0.00000144. The molecule has 13 heteroatoms. The zero-order valence-corrected chi connectivity index (χ0v) is 22.2. The van der Waals surface area contributed by atoms with E-state index in [1.54, 1.807) is 25.3 Å². The minimum Gasteiger partial charge on any atom is -0.493 e. The Morgan fingerprint density at radius 2 is 1.74 bits per heavy atom. The van der Waals surface area contributed by atoms with Crippen LogP contribution in [0.2, 0.25) is 0 Å². The van der Waals surface area contributed by atoms with Gasteiger partial charge in [0.05, 0.1) is 19.9 Å². The fraction of sp³-hybridized carbons (Fsp3) is 0.455. The topological polar surface area (TPSA) is 81.9 Å². The number of rotatable bonds is 5. The largest absolute Gasteiger partial charge is 0.493 e. The molecule has 1 amide bonds. The van der Waals surface area contributed by atoms with E-state index in [9.17, 15) is 13.6 Å². The van der Waals surface area contributed by atoms with E-state index in [0.717, 1.165) is 25.7 Å². The third kappa shape index (κ3) is 5.03. The van der Waals surface area contributed by atoms with E-state index >= 15 is 0 Å². The number of fused-ring (bicyclic) bond motifs is 3. The summed E-state index contributed by atoms with van der Waals surface area (Å²) >= 11 is 0. The highest BCUT2D eigenvalue weighted by atomic mass is 32.1. The Morgan fingerprint density at radius 3 is 2.43 bits per heavy atom. The number of alkyl halides is 2. The SMILES string of the molecule is COc1ccc(C(=O)N2[C@H]3CC[C@H](c4cc(C(F)F)nc5ncnn45)[C@@H]2CC3)cc1OC.S.S.S. The van der Waals surface area contributed by atoms with Crippen LogP contribution in [0.1, 0.15) is 59.8 Å². The quantitative estimate of drug-likeness (QED) is 0.483. The Morgan fingerprint density at radius 1 is 1.03 bits per heavy atom. The van der Waals surface area contributed by atoms with Crippen molar-refractivity contribution in [1.82, 2.24) is 24.5 Å². The van der Waals surface area contributed by atoms with E-state index in [4.69, 9.17) is 9.47 Å². The minimum atomic E-state index is -2.71. The third-order valence-corrected chi connectivity index (χ3v) is 6.59. The molecule has 5 rings (SSSR count). The van der Waals surface area contributed by atoms with Gasteiger partial charge in [-0.1, -0.05) is 0 Å². The van der Waals surface area contributed by atoms with Crippen molar-refractivity contribution in [2.24, 2.45) is 0 Å². The molecular weight excluding hydrogens is 516 g/mol. The first-order chi connectivity index (χ1) is 15.5. The van der Waals surface area contributed by atoms with Crippen LogP contribution in [0.4, 0.5) is 8.78 Å². The smallest absolute Gasteiger partial charge is 0.280 e. The molecule has 0 unspecified atom stereocenters. The van der Waals surface area contributed by atoms with Gasteiger partial charge in [-0.3, -0.25) is 4.79 Å². The monoisotopic (exact) mass is 545 g/mol. The molecule has 192 valence electrons. The first-order valence-electron chi connectivity index (χ1n) is 10.5. The van der Waals surface area contributed by atoms with Crippen LogP contribution in [0.5, 0.6) is 11.5 Å². The highest BCUT2D eigenvalue weighted by Gasteiger charge is 2.46. The molecule has 0 saturated carbocycles. The predicted molar refractivity (Wildman–Crippen MR) is 141 cm³/mol. The molecule has 2 aliphatic rings. The van der Waals surface area contributed by atoms with Crippen LogP contribution in [-0.4, -0.2) is 56.7 Å². The summed E-state index contributed by atoms with van der Waals surface area (Å²) in [5.41, 5.74) is 0.811. The van der Waals surface area contributed by atoms with E-state index in [0.29, 0.717) is 22.8 Å². The fourth-order valence-electron chi connectivity index (χ4n) is 5.16. The summed E-state index contributed by atoms with van der Waals surface area (Å²) in [6.45, 7) is 0. The zero-order chi connectivity index (χ0) is 22.4. The number of hydrogen-bond acceptors (Lipinski definition) is 6. The van der Waals surface area contributed by atoms with Gasteiger partial charge in [-0.05, 0) is 49.9 Å². The van der Waals surface area contributed by atoms with Gasteiger partial charge >= 0.3 is 0 Å². The third-order valence-electron chi connectivity index (χ3n) is 6.59. The molecule has 0 N–H and O–H groups in total. The van der Waals surface area contributed by atoms with E-state index < -0.39 is 6.43 Å². The minimum absolute atomic E-state index is 0. The second kappa shape index (κ2) is 11.7. The summed E-state index contributed by atoms with van der Waals surface area (Å²) in [5, 5.41) is 4.21. The van der Waals surface area contributed by atoms with Crippen molar-refractivity contribution in [2.45, 2.75) is 50.1 Å². The normalized spacial score (nSPS) is 20.6. The lowest BCUT2D eigenvalue weighted by Gasteiger charge is -2.40. The molecule has 2 saturated heterocycles. The number of methoxy groups -OCH3 is 2. The molecule has 2 aromatic heterocycles. The molecule has 0 spiro atoms. The Labute approximate surface area is 222 Å². The lowest BCUT2D eigenvalue weighted by Crippen LogP contribution is -2.47. The van der Waals surface area contributed by atoms with Gasteiger partial charge in [0.15, 0.2) is 11.5 Å². The molecule has 0 radical (unpaired) electrons. The fourth-order valence-corrected chi connectivity index (χ4v) is 5.16. The van der Waals surface area contributed by atoms with E-state index in [1.807, 2.05) is 4.90 Å². The maximum Gasteiger partial charge on any atom is 0.280 e. The van der Waals surface area contributed by atoms with Crippen molar-refractivity contribution in [3.8, 4) is 11.5 Å². The zero-order valence-electron chi connectivity index (χ0n) is 19.2. The van der Waals surface area contributed by atoms with Crippen LogP contribution in [0, 0.1) is 0 Å². The molecule has 2 bridgehead atoms. The molecule has 4 heterocycles. The molecular formula is C22H29F2N5O3S3. The van der Waals surface area contributed by atoms with Crippen LogP contribution in [0.15, 0.2) is 30.6 Å². The van der Waals surface area contributed by atoms with Crippen LogP contribution < -0.4 is 9.47 Å². The van der Waals surface area contributed by atoms with Gasteiger partial charge in [-0.25, -0.2) is 18.3 Å². The van der Waals surface area contributed by atoms with Crippen molar-refractivity contribution < 1.29 is 23.0 Å². The van der Waals surface area contributed by atoms with Gasteiger partial charge in [-0.2, -0.15) is 50.6 Å². The lowest BCUT2D eigenvalue weighted by molar-refractivity contribution is 0.0553. The molecule has 8 nitrogen and oxygen atoms in total. The van der Waals surface area contributed by atoms with Gasteiger partial charge in [0.25, 0.3) is 18.1 Å². The van der Waals surface area contributed by atoms with Crippen LogP contribution in [0.25, 0.3) is 5.78 Å². The van der Waals surface area contributed by atoms with Crippen molar-refractivity contribution in [3.05, 3.63) is 47.5 Å². The first kappa shape index (κ1) is 29.0. The number of carbonyl (C=O) groups is 1. The summed E-state index contributed by atoms with van der Waals surface area (Å²) in [6.07, 6.45) is 1.87. The van der Waals surface area contributed by atoms with Crippen LogP contribution in [0.3, 0.4) is 0 Å². The van der Waals surface area contributed by atoms with Crippen LogP contribution in [-0.2, 0) is 0 Å².